The molecule has 8 nitrogen and oxygen atoms in total. The van der Waals surface area contributed by atoms with Gasteiger partial charge in [-0.15, -0.1) is 0 Å². The van der Waals surface area contributed by atoms with Crippen molar-refractivity contribution in [1.82, 2.24) is 19.7 Å². The molecule has 1 fully saturated rings. The number of fused-ring (bicyclic) bond motifs is 1. The Bertz CT molecular complexity index is 1400. The van der Waals surface area contributed by atoms with Gasteiger partial charge in [-0.1, -0.05) is 5.16 Å². The molecule has 0 bridgehead atoms. The van der Waals surface area contributed by atoms with Crippen molar-refractivity contribution < 1.29 is 18.8 Å². The van der Waals surface area contributed by atoms with Crippen LogP contribution in [0.4, 0.5) is 4.79 Å². The van der Waals surface area contributed by atoms with Gasteiger partial charge in [0.25, 0.3) is 0 Å². The zero-order chi connectivity index (χ0) is 24.2. The molecule has 0 aliphatic heterocycles. The summed E-state index contributed by atoms with van der Waals surface area (Å²) in [5, 5.41) is 4.07. The largest absolute Gasteiger partial charge is 0.443 e. The lowest BCUT2D eigenvalue weighted by Gasteiger charge is -2.20. The van der Waals surface area contributed by atoms with Crippen LogP contribution in [0.5, 0.6) is 0 Å². The van der Waals surface area contributed by atoms with Crippen molar-refractivity contribution in [1.29, 1.82) is 0 Å². The van der Waals surface area contributed by atoms with Gasteiger partial charge in [-0.3, -0.25) is 9.78 Å². The topological polar surface area (TPSA) is 100 Å². The third kappa shape index (κ3) is 3.89. The zero-order valence-corrected chi connectivity index (χ0v) is 19.9. The minimum absolute atomic E-state index is 0.159. The van der Waals surface area contributed by atoms with Gasteiger partial charge in [-0.05, 0) is 77.3 Å². The second kappa shape index (κ2) is 7.90. The number of aryl methyl sites for hydroxylation is 2. The Morgan fingerprint density at radius 3 is 2.41 bits per heavy atom. The fourth-order valence-electron chi connectivity index (χ4n) is 4.18. The fourth-order valence-corrected chi connectivity index (χ4v) is 4.18. The number of aromatic nitrogens is 4. The molecule has 174 valence electrons. The summed E-state index contributed by atoms with van der Waals surface area (Å²) in [6, 6.07) is 7.02. The van der Waals surface area contributed by atoms with E-state index in [0.29, 0.717) is 39.4 Å². The van der Waals surface area contributed by atoms with E-state index in [4.69, 9.17) is 14.2 Å². The molecule has 0 saturated heterocycles. The second-order valence-electron chi connectivity index (χ2n) is 9.72. The van der Waals surface area contributed by atoms with Gasteiger partial charge in [0.2, 0.25) is 0 Å². The Hall–Kier alpha value is -3.81. The van der Waals surface area contributed by atoms with E-state index in [1.807, 2.05) is 40.7 Å². The van der Waals surface area contributed by atoms with Crippen LogP contribution in [0.25, 0.3) is 22.2 Å². The molecule has 1 aliphatic carbocycles. The number of ether oxygens (including phenoxy) is 1. The molecule has 1 aromatic carbocycles. The molecule has 0 atom stereocenters. The Kier molecular flexibility index (Phi) is 5.11. The first-order valence-corrected chi connectivity index (χ1v) is 11.3. The number of nitrogens with zero attached hydrogens (tertiary/aromatic N) is 4. The standard InChI is InChI=1S/C26H26N4O4/c1-14-21(15(2)34-29-14)18-12-19(23(31)16-8-10-27-11-9-16)22-20(13-18)30(24(28-22)17-6-7-17)25(32)33-26(3,4)5/h8-13,17H,6-7H2,1-5H3. The summed E-state index contributed by atoms with van der Waals surface area (Å²) in [4.78, 5) is 35.8. The number of carbonyl (C=O) groups is 2. The van der Waals surface area contributed by atoms with Crippen LogP contribution in [0.2, 0.25) is 0 Å². The van der Waals surface area contributed by atoms with E-state index >= 15 is 0 Å². The van der Waals surface area contributed by atoms with Crippen LogP contribution in [0.1, 0.15) is 72.7 Å². The van der Waals surface area contributed by atoms with Gasteiger partial charge >= 0.3 is 6.09 Å². The Labute approximate surface area is 196 Å². The summed E-state index contributed by atoms with van der Waals surface area (Å²) in [5.41, 5.74) is 3.45. The number of hydrogen-bond acceptors (Lipinski definition) is 7. The van der Waals surface area contributed by atoms with Crippen LogP contribution < -0.4 is 0 Å². The summed E-state index contributed by atoms with van der Waals surface area (Å²) in [5.74, 6) is 1.22. The van der Waals surface area contributed by atoms with Crippen molar-refractivity contribution in [2.45, 2.75) is 59.0 Å². The lowest BCUT2D eigenvalue weighted by atomic mass is 9.96. The van der Waals surface area contributed by atoms with Gasteiger partial charge in [0.15, 0.2) is 5.78 Å². The number of pyridine rings is 1. The number of benzene rings is 1. The van der Waals surface area contributed by atoms with Gasteiger partial charge in [-0.2, -0.15) is 0 Å². The molecular weight excluding hydrogens is 432 g/mol. The quantitative estimate of drug-likeness (QED) is 0.367. The van der Waals surface area contributed by atoms with E-state index < -0.39 is 11.7 Å². The van der Waals surface area contributed by atoms with Crippen molar-refractivity contribution >= 4 is 22.9 Å². The Balaban J connectivity index is 1.81. The molecule has 0 amide bonds. The van der Waals surface area contributed by atoms with Gasteiger partial charge < -0.3 is 9.26 Å². The van der Waals surface area contributed by atoms with Gasteiger partial charge in [-0.25, -0.2) is 14.3 Å². The van der Waals surface area contributed by atoms with E-state index in [9.17, 15) is 9.59 Å². The predicted molar refractivity (Wildman–Crippen MR) is 126 cm³/mol. The number of carbonyl (C=O) groups excluding carboxylic acids is 2. The van der Waals surface area contributed by atoms with E-state index in [0.717, 1.165) is 24.0 Å². The van der Waals surface area contributed by atoms with Crippen LogP contribution in [0, 0.1) is 13.8 Å². The summed E-state index contributed by atoms with van der Waals surface area (Å²) >= 11 is 0. The van der Waals surface area contributed by atoms with Crippen molar-refractivity contribution in [2.24, 2.45) is 0 Å². The van der Waals surface area contributed by atoms with Gasteiger partial charge in [0.1, 0.15) is 22.7 Å². The highest BCUT2D eigenvalue weighted by Crippen LogP contribution is 2.42. The average Bonchev–Trinajstić information content (AvgIpc) is 3.48. The van der Waals surface area contributed by atoms with Crippen molar-refractivity contribution in [3.05, 3.63) is 65.1 Å². The molecule has 34 heavy (non-hydrogen) atoms. The highest BCUT2D eigenvalue weighted by Gasteiger charge is 2.35. The van der Waals surface area contributed by atoms with E-state index in [1.165, 1.54) is 4.57 Å². The molecule has 3 aromatic heterocycles. The molecule has 1 saturated carbocycles. The van der Waals surface area contributed by atoms with E-state index in [2.05, 4.69) is 10.1 Å². The molecule has 0 unspecified atom stereocenters. The third-order valence-electron chi connectivity index (χ3n) is 5.81. The number of rotatable bonds is 4. The third-order valence-corrected chi connectivity index (χ3v) is 5.81. The summed E-state index contributed by atoms with van der Waals surface area (Å²) in [7, 11) is 0. The molecule has 0 N–H and O–H groups in total. The van der Waals surface area contributed by atoms with Crippen LogP contribution >= 0.6 is 0 Å². The normalized spacial score (nSPS) is 13.9. The van der Waals surface area contributed by atoms with Gasteiger partial charge in [0, 0.05) is 29.4 Å². The average molecular weight is 459 g/mol. The predicted octanol–water partition coefficient (Wildman–Crippen LogP) is 5.59. The van der Waals surface area contributed by atoms with Crippen LogP contribution in [-0.4, -0.2) is 37.2 Å². The minimum atomic E-state index is -0.677. The summed E-state index contributed by atoms with van der Waals surface area (Å²) < 4.78 is 12.6. The monoisotopic (exact) mass is 458 g/mol. The molecule has 1 aliphatic rings. The summed E-state index contributed by atoms with van der Waals surface area (Å²) in [6.07, 6.45) is 4.54. The van der Waals surface area contributed by atoms with Crippen molar-refractivity contribution in [3.63, 3.8) is 0 Å². The zero-order valence-electron chi connectivity index (χ0n) is 19.9. The van der Waals surface area contributed by atoms with Crippen LogP contribution in [-0.2, 0) is 4.74 Å². The van der Waals surface area contributed by atoms with Crippen molar-refractivity contribution in [3.8, 4) is 11.1 Å². The molecular formula is C26H26N4O4. The van der Waals surface area contributed by atoms with Crippen molar-refractivity contribution in [2.75, 3.05) is 0 Å². The number of ketones is 1. The second-order valence-corrected chi connectivity index (χ2v) is 9.72. The maximum absolute atomic E-state index is 13.6. The molecule has 0 radical (unpaired) electrons. The first-order valence-electron chi connectivity index (χ1n) is 11.3. The van der Waals surface area contributed by atoms with E-state index in [-0.39, 0.29) is 11.7 Å². The molecule has 0 spiro atoms. The number of hydrogen-bond donors (Lipinski definition) is 0. The van der Waals surface area contributed by atoms with E-state index in [1.54, 1.807) is 30.6 Å². The first kappa shape index (κ1) is 22.0. The Morgan fingerprint density at radius 2 is 1.82 bits per heavy atom. The minimum Gasteiger partial charge on any atom is -0.443 e. The molecule has 3 heterocycles. The highest BCUT2D eigenvalue weighted by atomic mass is 16.6. The van der Waals surface area contributed by atoms with Crippen LogP contribution in [0.15, 0.2) is 41.2 Å². The Morgan fingerprint density at radius 1 is 1.12 bits per heavy atom. The summed E-state index contributed by atoms with van der Waals surface area (Å²) in [6.45, 7) is 9.16. The first-order chi connectivity index (χ1) is 16.1. The SMILES string of the molecule is Cc1noc(C)c1-c1cc(C(=O)c2ccncc2)c2nc(C3CC3)n(C(=O)OC(C)(C)C)c2c1. The lowest BCUT2D eigenvalue weighted by molar-refractivity contribution is 0.0538. The molecule has 4 aromatic rings. The van der Waals surface area contributed by atoms with Crippen LogP contribution in [0.3, 0.4) is 0 Å². The maximum atomic E-state index is 13.6. The molecule has 5 rings (SSSR count). The molecule has 8 heteroatoms. The number of imidazole rings is 1. The maximum Gasteiger partial charge on any atom is 0.420 e. The fraction of sp³-hybridized carbons (Fsp3) is 0.346. The smallest absolute Gasteiger partial charge is 0.420 e. The van der Waals surface area contributed by atoms with Gasteiger partial charge in [0.05, 0.1) is 16.8 Å². The lowest BCUT2D eigenvalue weighted by Crippen LogP contribution is -2.28. The highest BCUT2D eigenvalue weighted by molar-refractivity contribution is 6.16.